The second kappa shape index (κ2) is 5.28. The van der Waals surface area contributed by atoms with Crippen molar-refractivity contribution in [3.05, 3.63) is 28.2 Å². The first-order chi connectivity index (χ1) is 8.47. The predicted molar refractivity (Wildman–Crippen MR) is 74.2 cm³/mol. The minimum atomic E-state index is -0.186. The van der Waals surface area contributed by atoms with Gasteiger partial charge in [0.25, 0.3) is 5.91 Å². The van der Waals surface area contributed by atoms with E-state index < -0.39 is 0 Å². The first-order valence-electron chi connectivity index (χ1n) is 5.96. The van der Waals surface area contributed by atoms with E-state index in [4.69, 9.17) is 5.73 Å². The Morgan fingerprint density at radius 2 is 2.22 bits per heavy atom. The predicted octanol–water partition coefficient (Wildman–Crippen LogP) is 1.87. The maximum atomic E-state index is 12.2. The van der Waals surface area contributed by atoms with Crippen LogP contribution in [-0.2, 0) is 0 Å². The van der Waals surface area contributed by atoms with E-state index in [0.29, 0.717) is 23.7 Å². The molecule has 0 unspecified atom stereocenters. The van der Waals surface area contributed by atoms with E-state index in [1.165, 1.54) is 0 Å². The number of halogens is 1. The fraction of sp³-hybridized carbons (Fsp3) is 0.462. The summed E-state index contributed by atoms with van der Waals surface area (Å²) < 4.78 is 0.840. The normalized spacial score (nSPS) is 22.4. The third-order valence-electron chi connectivity index (χ3n) is 3.34. The second-order valence-electron chi connectivity index (χ2n) is 4.91. The summed E-state index contributed by atoms with van der Waals surface area (Å²) in [5.41, 5.74) is 6.83. The number of benzene rings is 1. The van der Waals surface area contributed by atoms with E-state index >= 15 is 0 Å². The van der Waals surface area contributed by atoms with E-state index in [0.717, 1.165) is 17.3 Å². The molecule has 1 aliphatic carbocycles. The lowest BCUT2D eigenvalue weighted by atomic mass is 9.82. The average Bonchev–Trinajstić information content (AvgIpc) is 2.29. The lowest BCUT2D eigenvalue weighted by Gasteiger charge is -2.34. The smallest absolute Gasteiger partial charge is 0.255 e. The second-order valence-corrected chi connectivity index (χ2v) is 5.82. The van der Waals surface area contributed by atoms with Gasteiger partial charge >= 0.3 is 0 Å². The molecule has 4 nitrogen and oxygen atoms in total. The van der Waals surface area contributed by atoms with Gasteiger partial charge in [0.05, 0.1) is 11.7 Å². The molecule has 5 heteroatoms. The number of carbonyl (C=O) groups excluding carboxylic acids is 1. The van der Waals surface area contributed by atoms with Crippen LogP contribution in [0.3, 0.4) is 0 Å². The summed E-state index contributed by atoms with van der Waals surface area (Å²) in [6.45, 7) is 0.668. The molecule has 0 saturated heterocycles. The highest BCUT2D eigenvalue weighted by Gasteiger charge is 2.29. The van der Waals surface area contributed by atoms with Crippen LogP contribution in [0.25, 0.3) is 0 Å². The Kier molecular flexibility index (Phi) is 3.92. The van der Waals surface area contributed by atoms with Crippen molar-refractivity contribution in [2.45, 2.75) is 18.9 Å². The zero-order chi connectivity index (χ0) is 13.3. The molecular formula is C13H17BrN2O2. The standard InChI is InChI=1S/C13H17BrN2O2/c1-16(7-8-4-10(17)5-8)13(18)11-6-9(14)2-3-12(11)15/h2-3,6,8,10,17H,4-5,7,15H2,1H3. The van der Waals surface area contributed by atoms with E-state index in [1.54, 1.807) is 24.1 Å². The van der Waals surface area contributed by atoms with Crippen LogP contribution in [-0.4, -0.2) is 35.6 Å². The highest BCUT2D eigenvalue weighted by Crippen LogP contribution is 2.28. The van der Waals surface area contributed by atoms with Gasteiger partial charge in [-0.1, -0.05) is 15.9 Å². The van der Waals surface area contributed by atoms with Crippen LogP contribution in [0.2, 0.25) is 0 Å². The van der Waals surface area contributed by atoms with Gasteiger partial charge in [-0.3, -0.25) is 4.79 Å². The van der Waals surface area contributed by atoms with Gasteiger partial charge < -0.3 is 15.7 Å². The summed E-state index contributed by atoms with van der Waals surface area (Å²) in [7, 11) is 1.77. The molecule has 1 saturated carbocycles. The summed E-state index contributed by atoms with van der Waals surface area (Å²) >= 11 is 3.34. The topological polar surface area (TPSA) is 66.6 Å². The molecule has 98 valence electrons. The number of hydrogen-bond acceptors (Lipinski definition) is 3. The Balaban J connectivity index is 2.03. The number of aliphatic hydroxyl groups excluding tert-OH is 1. The summed E-state index contributed by atoms with van der Waals surface area (Å²) in [6.07, 6.45) is 1.38. The molecule has 1 aromatic rings. The average molecular weight is 313 g/mol. The fourth-order valence-electron chi connectivity index (χ4n) is 2.24. The summed E-state index contributed by atoms with van der Waals surface area (Å²) in [5, 5.41) is 9.24. The third-order valence-corrected chi connectivity index (χ3v) is 3.83. The van der Waals surface area contributed by atoms with Crippen molar-refractivity contribution in [1.82, 2.24) is 4.90 Å². The number of hydrogen-bond donors (Lipinski definition) is 2. The van der Waals surface area contributed by atoms with Crippen molar-refractivity contribution < 1.29 is 9.90 Å². The number of amides is 1. The van der Waals surface area contributed by atoms with Gasteiger partial charge in [0.1, 0.15) is 0 Å². The molecule has 0 atom stereocenters. The molecule has 0 aromatic heterocycles. The van der Waals surface area contributed by atoms with E-state index in [2.05, 4.69) is 15.9 Å². The number of aliphatic hydroxyl groups is 1. The molecule has 1 aromatic carbocycles. The van der Waals surface area contributed by atoms with Crippen molar-refractivity contribution in [1.29, 1.82) is 0 Å². The number of nitrogen functional groups attached to an aromatic ring is 1. The molecule has 0 aliphatic heterocycles. The van der Waals surface area contributed by atoms with Crippen molar-refractivity contribution in [2.75, 3.05) is 19.3 Å². The molecular weight excluding hydrogens is 296 g/mol. The molecule has 1 fully saturated rings. The van der Waals surface area contributed by atoms with Crippen LogP contribution in [0.4, 0.5) is 5.69 Å². The summed E-state index contributed by atoms with van der Waals surface area (Å²) in [6, 6.07) is 5.27. The number of anilines is 1. The fourth-order valence-corrected chi connectivity index (χ4v) is 2.60. The monoisotopic (exact) mass is 312 g/mol. The minimum Gasteiger partial charge on any atom is -0.398 e. The van der Waals surface area contributed by atoms with Gasteiger partial charge in [0, 0.05) is 23.8 Å². The van der Waals surface area contributed by atoms with E-state index in [9.17, 15) is 9.90 Å². The van der Waals surface area contributed by atoms with Crippen molar-refractivity contribution >= 4 is 27.5 Å². The van der Waals surface area contributed by atoms with E-state index in [-0.39, 0.29) is 12.0 Å². The molecule has 3 N–H and O–H groups in total. The minimum absolute atomic E-state index is 0.0739. The maximum Gasteiger partial charge on any atom is 0.255 e. The zero-order valence-electron chi connectivity index (χ0n) is 10.3. The molecule has 0 heterocycles. The van der Waals surface area contributed by atoms with Gasteiger partial charge in [0.2, 0.25) is 0 Å². The molecule has 18 heavy (non-hydrogen) atoms. The molecule has 0 radical (unpaired) electrons. The maximum absolute atomic E-state index is 12.2. The molecule has 1 aliphatic rings. The first kappa shape index (κ1) is 13.4. The molecule has 0 bridgehead atoms. The van der Waals surface area contributed by atoms with Crippen LogP contribution in [0.5, 0.6) is 0 Å². The van der Waals surface area contributed by atoms with Gasteiger partial charge in [-0.25, -0.2) is 0 Å². The first-order valence-corrected chi connectivity index (χ1v) is 6.75. The Morgan fingerprint density at radius 3 is 2.83 bits per heavy atom. The number of nitrogens with two attached hydrogens (primary N) is 1. The third kappa shape index (κ3) is 2.84. The zero-order valence-corrected chi connectivity index (χ0v) is 11.9. The highest BCUT2D eigenvalue weighted by molar-refractivity contribution is 9.10. The Morgan fingerprint density at radius 1 is 1.56 bits per heavy atom. The number of nitrogens with zero attached hydrogens (tertiary/aromatic N) is 1. The number of carbonyl (C=O) groups is 1. The molecule has 0 spiro atoms. The van der Waals surface area contributed by atoms with Crippen molar-refractivity contribution in [3.63, 3.8) is 0 Å². The van der Waals surface area contributed by atoms with Crippen LogP contribution in [0, 0.1) is 5.92 Å². The summed E-state index contributed by atoms with van der Waals surface area (Å²) in [5.74, 6) is 0.331. The van der Waals surface area contributed by atoms with Gasteiger partial charge in [-0.15, -0.1) is 0 Å². The lowest BCUT2D eigenvalue weighted by Crippen LogP contribution is -2.39. The van der Waals surface area contributed by atoms with Gasteiger partial charge in [-0.2, -0.15) is 0 Å². The highest BCUT2D eigenvalue weighted by atomic mass is 79.9. The Bertz CT molecular complexity index is 458. The van der Waals surface area contributed by atoms with Crippen LogP contribution >= 0.6 is 15.9 Å². The van der Waals surface area contributed by atoms with E-state index in [1.807, 2.05) is 6.07 Å². The van der Waals surface area contributed by atoms with Gasteiger partial charge in [0.15, 0.2) is 0 Å². The molecule has 2 rings (SSSR count). The largest absolute Gasteiger partial charge is 0.398 e. The van der Waals surface area contributed by atoms with Gasteiger partial charge in [-0.05, 0) is 37.0 Å². The quantitative estimate of drug-likeness (QED) is 0.837. The van der Waals surface area contributed by atoms with Crippen LogP contribution < -0.4 is 5.73 Å². The number of rotatable bonds is 3. The Labute approximate surface area is 115 Å². The SMILES string of the molecule is CN(CC1CC(O)C1)C(=O)c1cc(Br)ccc1N. The Hall–Kier alpha value is -1.07. The van der Waals surface area contributed by atoms with Crippen molar-refractivity contribution in [3.8, 4) is 0 Å². The van der Waals surface area contributed by atoms with Crippen molar-refractivity contribution in [2.24, 2.45) is 5.92 Å². The van der Waals surface area contributed by atoms with Crippen LogP contribution in [0.15, 0.2) is 22.7 Å². The summed E-state index contributed by atoms with van der Waals surface area (Å²) in [4.78, 5) is 13.9. The lowest BCUT2D eigenvalue weighted by molar-refractivity contribution is 0.0265. The molecule has 1 amide bonds. The van der Waals surface area contributed by atoms with Crippen LogP contribution in [0.1, 0.15) is 23.2 Å².